The maximum Gasteiger partial charge on any atom is 0.231 e. The van der Waals surface area contributed by atoms with Crippen LogP contribution >= 0.6 is 27.5 Å². The Labute approximate surface area is 115 Å². The third-order valence-electron chi connectivity index (χ3n) is 2.36. The predicted molar refractivity (Wildman–Crippen MR) is 73.8 cm³/mol. The second-order valence-electron chi connectivity index (χ2n) is 4.32. The van der Waals surface area contributed by atoms with E-state index in [-0.39, 0.29) is 11.8 Å². The molecule has 17 heavy (non-hydrogen) atoms. The van der Waals surface area contributed by atoms with E-state index in [1.54, 1.807) is 39.2 Å². The number of carbonyl (C=O) groups excluding carboxylic acids is 1. The Hall–Kier alpha value is -0.740. The van der Waals surface area contributed by atoms with Crippen LogP contribution in [0.1, 0.15) is 13.8 Å². The molecule has 1 rings (SSSR count). The van der Waals surface area contributed by atoms with E-state index in [0.717, 1.165) is 10.2 Å². The lowest BCUT2D eigenvalue weighted by molar-refractivity contribution is -0.122. The molecule has 0 saturated heterocycles. The highest BCUT2D eigenvalue weighted by atomic mass is 79.9. The van der Waals surface area contributed by atoms with Crippen molar-refractivity contribution in [2.75, 3.05) is 18.3 Å². The SMILES string of the molecule is COc1ccc(NC(=O)C(C)(C)CCl)cc1Br. The number of hydrogen-bond acceptors (Lipinski definition) is 2. The molecule has 0 aliphatic carbocycles. The Morgan fingerprint density at radius 1 is 1.53 bits per heavy atom. The van der Waals surface area contributed by atoms with E-state index >= 15 is 0 Å². The van der Waals surface area contributed by atoms with Crippen LogP contribution in [0.2, 0.25) is 0 Å². The number of benzene rings is 1. The third kappa shape index (κ3) is 3.61. The van der Waals surface area contributed by atoms with Gasteiger partial charge in [0.25, 0.3) is 0 Å². The summed E-state index contributed by atoms with van der Waals surface area (Å²) in [5.41, 5.74) is 0.120. The number of alkyl halides is 1. The number of methoxy groups -OCH3 is 1. The molecule has 1 aromatic carbocycles. The molecule has 0 aromatic heterocycles. The van der Waals surface area contributed by atoms with Crippen LogP contribution in [0.3, 0.4) is 0 Å². The maximum atomic E-state index is 11.9. The van der Waals surface area contributed by atoms with E-state index in [1.165, 1.54) is 0 Å². The van der Waals surface area contributed by atoms with Crippen molar-refractivity contribution in [1.29, 1.82) is 0 Å². The molecule has 0 saturated carbocycles. The molecule has 1 aromatic rings. The van der Waals surface area contributed by atoms with Crippen molar-refractivity contribution in [1.82, 2.24) is 0 Å². The fraction of sp³-hybridized carbons (Fsp3) is 0.417. The highest BCUT2D eigenvalue weighted by Gasteiger charge is 2.26. The van der Waals surface area contributed by atoms with Crippen LogP contribution in [0.25, 0.3) is 0 Å². The van der Waals surface area contributed by atoms with E-state index < -0.39 is 5.41 Å². The molecule has 0 bridgehead atoms. The van der Waals surface area contributed by atoms with Crippen molar-refractivity contribution in [3.05, 3.63) is 22.7 Å². The standard InChI is InChI=1S/C12H15BrClNO2/c1-12(2,7-14)11(16)15-8-4-5-10(17-3)9(13)6-8/h4-6H,7H2,1-3H3,(H,15,16). The first-order valence-corrected chi connectivity index (χ1v) is 6.44. The van der Waals surface area contributed by atoms with Gasteiger partial charge in [-0.05, 0) is 48.0 Å². The number of anilines is 1. The largest absolute Gasteiger partial charge is 0.496 e. The molecule has 0 heterocycles. The zero-order valence-corrected chi connectivity index (χ0v) is 12.4. The van der Waals surface area contributed by atoms with Gasteiger partial charge in [0.15, 0.2) is 0 Å². The number of ether oxygens (including phenoxy) is 1. The number of rotatable bonds is 4. The van der Waals surface area contributed by atoms with Gasteiger partial charge in [-0.1, -0.05) is 0 Å². The Balaban J connectivity index is 2.83. The van der Waals surface area contributed by atoms with Gasteiger partial charge in [-0.2, -0.15) is 0 Å². The molecule has 0 spiro atoms. The Kier molecular flexibility index (Phi) is 4.83. The van der Waals surface area contributed by atoms with Crippen LogP contribution in [0.15, 0.2) is 22.7 Å². The third-order valence-corrected chi connectivity index (χ3v) is 3.65. The highest BCUT2D eigenvalue weighted by Crippen LogP contribution is 2.28. The summed E-state index contributed by atoms with van der Waals surface area (Å²) in [5, 5.41) is 2.82. The summed E-state index contributed by atoms with van der Waals surface area (Å²) < 4.78 is 5.91. The number of hydrogen-bond donors (Lipinski definition) is 1. The van der Waals surface area contributed by atoms with Gasteiger partial charge in [-0.25, -0.2) is 0 Å². The molecule has 1 N–H and O–H groups in total. The van der Waals surface area contributed by atoms with Crippen molar-refractivity contribution in [2.45, 2.75) is 13.8 Å². The fourth-order valence-electron chi connectivity index (χ4n) is 1.11. The Bertz CT molecular complexity index is 421. The summed E-state index contributed by atoms with van der Waals surface area (Å²) in [4.78, 5) is 11.9. The lowest BCUT2D eigenvalue weighted by atomic mass is 9.95. The quantitative estimate of drug-likeness (QED) is 0.860. The molecule has 3 nitrogen and oxygen atoms in total. The van der Waals surface area contributed by atoms with E-state index in [1.807, 2.05) is 0 Å². The van der Waals surface area contributed by atoms with Gasteiger partial charge in [0.1, 0.15) is 5.75 Å². The average molecular weight is 321 g/mol. The molecular weight excluding hydrogens is 305 g/mol. The monoisotopic (exact) mass is 319 g/mol. The number of amides is 1. The zero-order valence-electron chi connectivity index (χ0n) is 10.0. The van der Waals surface area contributed by atoms with Crippen molar-refractivity contribution in [2.24, 2.45) is 5.41 Å². The predicted octanol–water partition coefficient (Wildman–Crippen LogP) is 3.66. The summed E-state index contributed by atoms with van der Waals surface area (Å²) >= 11 is 9.11. The van der Waals surface area contributed by atoms with E-state index in [0.29, 0.717) is 5.69 Å². The van der Waals surface area contributed by atoms with Gasteiger partial charge < -0.3 is 10.1 Å². The number of nitrogens with one attached hydrogen (secondary N) is 1. The maximum absolute atomic E-state index is 11.9. The minimum absolute atomic E-state index is 0.107. The normalized spacial score (nSPS) is 11.1. The van der Waals surface area contributed by atoms with Gasteiger partial charge in [0.2, 0.25) is 5.91 Å². The van der Waals surface area contributed by atoms with E-state index in [2.05, 4.69) is 21.2 Å². The lowest BCUT2D eigenvalue weighted by Gasteiger charge is -2.20. The van der Waals surface area contributed by atoms with E-state index in [9.17, 15) is 4.79 Å². The number of carbonyl (C=O) groups is 1. The molecule has 94 valence electrons. The van der Waals surface area contributed by atoms with Gasteiger partial charge >= 0.3 is 0 Å². The summed E-state index contributed by atoms with van der Waals surface area (Å²) in [6, 6.07) is 5.36. The van der Waals surface area contributed by atoms with Gasteiger partial charge in [-0.3, -0.25) is 4.79 Å². The molecule has 0 aliphatic rings. The minimum Gasteiger partial charge on any atom is -0.496 e. The second kappa shape index (κ2) is 5.74. The van der Waals surface area contributed by atoms with Gasteiger partial charge in [-0.15, -0.1) is 11.6 Å². The van der Waals surface area contributed by atoms with Gasteiger partial charge in [0.05, 0.1) is 17.0 Å². The molecule has 0 atom stereocenters. The first-order valence-electron chi connectivity index (χ1n) is 5.11. The molecule has 1 amide bonds. The smallest absolute Gasteiger partial charge is 0.231 e. The number of halogens is 2. The van der Waals surface area contributed by atoms with Crippen LogP contribution in [0, 0.1) is 5.41 Å². The van der Waals surface area contributed by atoms with E-state index in [4.69, 9.17) is 16.3 Å². The van der Waals surface area contributed by atoms with Crippen LogP contribution in [-0.4, -0.2) is 18.9 Å². The molecule has 0 aliphatic heterocycles. The molecule has 0 radical (unpaired) electrons. The molecular formula is C12H15BrClNO2. The fourth-order valence-corrected chi connectivity index (χ4v) is 1.77. The topological polar surface area (TPSA) is 38.3 Å². The van der Waals surface area contributed by atoms with Crippen LogP contribution in [-0.2, 0) is 4.79 Å². The zero-order chi connectivity index (χ0) is 13.1. The van der Waals surface area contributed by atoms with Crippen LogP contribution in [0.5, 0.6) is 5.75 Å². The van der Waals surface area contributed by atoms with Crippen molar-refractivity contribution in [3.8, 4) is 5.75 Å². The second-order valence-corrected chi connectivity index (χ2v) is 5.44. The molecule has 5 heteroatoms. The highest BCUT2D eigenvalue weighted by molar-refractivity contribution is 9.10. The summed E-state index contributed by atoms with van der Waals surface area (Å²) in [6.07, 6.45) is 0. The van der Waals surface area contributed by atoms with Gasteiger partial charge in [0, 0.05) is 11.6 Å². The summed E-state index contributed by atoms with van der Waals surface area (Å²) in [6.45, 7) is 3.60. The lowest BCUT2D eigenvalue weighted by Crippen LogP contribution is -2.32. The molecule has 0 unspecified atom stereocenters. The summed E-state index contributed by atoms with van der Waals surface area (Å²) in [5.74, 6) is 0.889. The first-order chi connectivity index (χ1) is 7.90. The Morgan fingerprint density at radius 3 is 2.65 bits per heavy atom. The Morgan fingerprint density at radius 2 is 2.18 bits per heavy atom. The van der Waals surface area contributed by atoms with Crippen molar-refractivity contribution < 1.29 is 9.53 Å². The minimum atomic E-state index is -0.589. The summed E-state index contributed by atoms with van der Waals surface area (Å²) in [7, 11) is 1.59. The van der Waals surface area contributed by atoms with Crippen LogP contribution in [0.4, 0.5) is 5.69 Å². The van der Waals surface area contributed by atoms with Crippen molar-refractivity contribution >= 4 is 39.1 Å². The van der Waals surface area contributed by atoms with Crippen molar-refractivity contribution in [3.63, 3.8) is 0 Å². The van der Waals surface area contributed by atoms with Crippen LogP contribution < -0.4 is 10.1 Å². The first kappa shape index (κ1) is 14.3. The molecule has 0 fully saturated rings. The average Bonchev–Trinajstić information content (AvgIpc) is 2.29.